The minimum absolute atomic E-state index is 0.148. The van der Waals surface area contributed by atoms with Crippen molar-refractivity contribution in [3.05, 3.63) is 29.8 Å². The number of amides is 2. The molecule has 1 aromatic rings. The van der Waals surface area contributed by atoms with E-state index in [0.717, 1.165) is 11.3 Å². The molecule has 2 rings (SSSR count). The van der Waals surface area contributed by atoms with Gasteiger partial charge in [0, 0.05) is 6.54 Å². The van der Waals surface area contributed by atoms with Crippen molar-refractivity contribution in [2.24, 2.45) is 0 Å². The van der Waals surface area contributed by atoms with E-state index in [1.165, 1.54) is 4.90 Å². The lowest BCUT2D eigenvalue weighted by Crippen LogP contribution is -2.57. The fourth-order valence-corrected chi connectivity index (χ4v) is 2.05. The summed E-state index contributed by atoms with van der Waals surface area (Å²) in [5.74, 6) is 0.494. The maximum absolute atomic E-state index is 11.9. The van der Waals surface area contributed by atoms with Gasteiger partial charge >= 0.3 is 0 Å². The summed E-state index contributed by atoms with van der Waals surface area (Å²) >= 11 is 0. The van der Waals surface area contributed by atoms with Gasteiger partial charge in [0.15, 0.2) is 0 Å². The SMILES string of the molecule is COc1ccc(CCN2C(=O)CNC(C)C2=O)cc1. The number of ether oxygens (including phenoxy) is 1. The van der Waals surface area contributed by atoms with Crippen LogP contribution < -0.4 is 10.1 Å². The molecule has 1 atom stereocenters. The van der Waals surface area contributed by atoms with E-state index < -0.39 is 0 Å². The molecule has 0 bridgehead atoms. The maximum Gasteiger partial charge on any atom is 0.246 e. The highest BCUT2D eigenvalue weighted by Gasteiger charge is 2.30. The van der Waals surface area contributed by atoms with Crippen LogP contribution in [0.5, 0.6) is 5.75 Å². The Morgan fingerprint density at radius 1 is 1.32 bits per heavy atom. The third-order valence-corrected chi connectivity index (χ3v) is 3.28. The van der Waals surface area contributed by atoms with Gasteiger partial charge in [-0.3, -0.25) is 19.8 Å². The molecular weight excluding hydrogens is 244 g/mol. The largest absolute Gasteiger partial charge is 0.497 e. The first-order valence-electron chi connectivity index (χ1n) is 6.32. The second kappa shape index (κ2) is 5.84. The van der Waals surface area contributed by atoms with Crippen LogP contribution in [0.2, 0.25) is 0 Å². The predicted octanol–water partition coefficient (Wildman–Crippen LogP) is 0.585. The summed E-state index contributed by atoms with van der Waals surface area (Å²) in [7, 11) is 1.62. The average molecular weight is 262 g/mol. The van der Waals surface area contributed by atoms with Gasteiger partial charge in [-0.2, -0.15) is 0 Å². The molecule has 1 heterocycles. The number of hydrogen-bond donors (Lipinski definition) is 1. The van der Waals surface area contributed by atoms with E-state index in [9.17, 15) is 9.59 Å². The first-order valence-corrected chi connectivity index (χ1v) is 6.32. The van der Waals surface area contributed by atoms with Gasteiger partial charge in [0.1, 0.15) is 5.75 Å². The fraction of sp³-hybridized carbons (Fsp3) is 0.429. The Morgan fingerprint density at radius 2 is 2.00 bits per heavy atom. The average Bonchev–Trinajstić information content (AvgIpc) is 2.44. The molecule has 5 heteroatoms. The van der Waals surface area contributed by atoms with Crippen LogP contribution in [0.1, 0.15) is 12.5 Å². The van der Waals surface area contributed by atoms with Crippen molar-refractivity contribution in [2.45, 2.75) is 19.4 Å². The van der Waals surface area contributed by atoms with Crippen molar-refractivity contribution in [2.75, 3.05) is 20.2 Å². The summed E-state index contributed by atoms with van der Waals surface area (Å²) in [6, 6.07) is 7.35. The minimum Gasteiger partial charge on any atom is -0.497 e. The smallest absolute Gasteiger partial charge is 0.246 e. The van der Waals surface area contributed by atoms with E-state index in [4.69, 9.17) is 4.74 Å². The molecule has 0 aromatic heterocycles. The lowest BCUT2D eigenvalue weighted by molar-refractivity contribution is -0.148. The number of methoxy groups -OCH3 is 1. The number of carbonyl (C=O) groups is 2. The number of carbonyl (C=O) groups excluding carboxylic acids is 2. The highest BCUT2D eigenvalue weighted by atomic mass is 16.5. The number of benzene rings is 1. The lowest BCUT2D eigenvalue weighted by Gasteiger charge is -2.29. The van der Waals surface area contributed by atoms with E-state index in [-0.39, 0.29) is 24.4 Å². The molecule has 1 saturated heterocycles. The second-order valence-corrected chi connectivity index (χ2v) is 4.58. The molecule has 1 aliphatic rings. The van der Waals surface area contributed by atoms with Crippen molar-refractivity contribution in [1.29, 1.82) is 0 Å². The molecule has 102 valence electrons. The van der Waals surface area contributed by atoms with Crippen LogP contribution in [-0.4, -0.2) is 43.0 Å². The number of nitrogens with zero attached hydrogens (tertiary/aromatic N) is 1. The Balaban J connectivity index is 1.96. The number of hydrogen-bond acceptors (Lipinski definition) is 4. The van der Waals surface area contributed by atoms with E-state index in [0.29, 0.717) is 13.0 Å². The number of imide groups is 1. The Kier molecular flexibility index (Phi) is 4.16. The third-order valence-electron chi connectivity index (χ3n) is 3.28. The third kappa shape index (κ3) is 3.12. The van der Waals surface area contributed by atoms with Gasteiger partial charge in [0.25, 0.3) is 0 Å². The van der Waals surface area contributed by atoms with Crippen LogP contribution in [0.4, 0.5) is 0 Å². The quantitative estimate of drug-likeness (QED) is 0.807. The molecule has 0 spiro atoms. The molecule has 0 saturated carbocycles. The van der Waals surface area contributed by atoms with Gasteiger partial charge < -0.3 is 4.74 Å². The summed E-state index contributed by atoms with van der Waals surface area (Å²) in [6.45, 7) is 2.43. The highest BCUT2D eigenvalue weighted by Crippen LogP contribution is 2.12. The number of rotatable bonds is 4. The molecule has 2 amide bonds. The normalized spacial score (nSPS) is 19.7. The number of nitrogens with one attached hydrogen (secondary N) is 1. The Labute approximate surface area is 112 Å². The van der Waals surface area contributed by atoms with Crippen LogP contribution >= 0.6 is 0 Å². The van der Waals surface area contributed by atoms with Gasteiger partial charge in [0.2, 0.25) is 11.8 Å². The van der Waals surface area contributed by atoms with Crippen molar-refractivity contribution >= 4 is 11.8 Å². The first kappa shape index (κ1) is 13.5. The molecule has 1 aliphatic heterocycles. The molecule has 1 unspecified atom stereocenters. The zero-order valence-corrected chi connectivity index (χ0v) is 11.2. The van der Waals surface area contributed by atoms with Crippen LogP contribution in [0, 0.1) is 0 Å². The summed E-state index contributed by atoms with van der Waals surface area (Å²) in [5.41, 5.74) is 1.08. The summed E-state index contributed by atoms with van der Waals surface area (Å²) in [4.78, 5) is 24.9. The lowest BCUT2D eigenvalue weighted by atomic mass is 10.1. The molecule has 1 fully saturated rings. The van der Waals surface area contributed by atoms with Gasteiger partial charge in [-0.1, -0.05) is 12.1 Å². The van der Waals surface area contributed by atoms with E-state index >= 15 is 0 Å². The van der Waals surface area contributed by atoms with Gasteiger partial charge in [-0.25, -0.2) is 0 Å². The first-order chi connectivity index (χ1) is 9.11. The monoisotopic (exact) mass is 262 g/mol. The van der Waals surface area contributed by atoms with Gasteiger partial charge in [-0.15, -0.1) is 0 Å². The van der Waals surface area contributed by atoms with Gasteiger partial charge in [-0.05, 0) is 31.0 Å². The minimum atomic E-state index is -0.284. The molecule has 1 aromatic carbocycles. The zero-order valence-electron chi connectivity index (χ0n) is 11.2. The van der Waals surface area contributed by atoms with Crippen molar-refractivity contribution in [3.8, 4) is 5.75 Å². The predicted molar refractivity (Wildman–Crippen MR) is 70.9 cm³/mol. The van der Waals surface area contributed by atoms with Crippen LogP contribution in [0.25, 0.3) is 0 Å². The molecule has 0 radical (unpaired) electrons. The standard InChI is InChI=1S/C14H18N2O3/c1-10-14(18)16(13(17)9-15-10)8-7-11-3-5-12(19-2)6-4-11/h3-6,10,15H,7-9H2,1-2H3. The zero-order chi connectivity index (χ0) is 13.8. The summed E-state index contributed by atoms with van der Waals surface area (Å²) < 4.78 is 5.08. The van der Waals surface area contributed by atoms with Crippen LogP contribution in [0.15, 0.2) is 24.3 Å². The van der Waals surface area contributed by atoms with Crippen LogP contribution in [0.3, 0.4) is 0 Å². The Hall–Kier alpha value is -1.88. The molecule has 0 aliphatic carbocycles. The van der Waals surface area contributed by atoms with E-state index in [1.807, 2.05) is 24.3 Å². The molecule has 1 N–H and O–H groups in total. The van der Waals surface area contributed by atoms with Crippen molar-refractivity contribution in [1.82, 2.24) is 10.2 Å². The van der Waals surface area contributed by atoms with E-state index in [1.54, 1.807) is 14.0 Å². The fourth-order valence-electron chi connectivity index (χ4n) is 2.05. The topological polar surface area (TPSA) is 58.6 Å². The molecular formula is C14H18N2O3. The van der Waals surface area contributed by atoms with E-state index in [2.05, 4.69) is 5.32 Å². The summed E-state index contributed by atoms with van der Waals surface area (Å²) in [6.07, 6.45) is 0.661. The summed E-state index contributed by atoms with van der Waals surface area (Å²) in [5, 5.41) is 2.87. The van der Waals surface area contributed by atoms with Crippen molar-refractivity contribution < 1.29 is 14.3 Å². The second-order valence-electron chi connectivity index (χ2n) is 4.58. The van der Waals surface area contributed by atoms with Crippen LogP contribution in [-0.2, 0) is 16.0 Å². The van der Waals surface area contributed by atoms with Gasteiger partial charge in [0.05, 0.1) is 19.7 Å². The molecule has 5 nitrogen and oxygen atoms in total. The Morgan fingerprint density at radius 3 is 2.63 bits per heavy atom. The molecule has 19 heavy (non-hydrogen) atoms. The Bertz CT molecular complexity index is 470. The van der Waals surface area contributed by atoms with Crippen molar-refractivity contribution in [3.63, 3.8) is 0 Å². The maximum atomic E-state index is 11.9. The number of piperazine rings is 1. The highest BCUT2D eigenvalue weighted by molar-refractivity contribution is 6.00.